The fourth-order valence-electron chi connectivity index (χ4n) is 5.11. The van der Waals surface area contributed by atoms with Crippen LogP contribution in [0.25, 0.3) is 0 Å². The lowest BCUT2D eigenvalue weighted by molar-refractivity contribution is -0.146. The zero-order chi connectivity index (χ0) is 21.3. The summed E-state index contributed by atoms with van der Waals surface area (Å²) in [5.74, 6) is -0.611. The van der Waals surface area contributed by atoms with Crippen molar-refractivity contribution in [2.45, 2.75) is 103 Å². The summed E-state index contributed by atoms with van der Waals surface area (Å²) >= 11 is 0. The highest BCUT2D eigenvalue weighted by atomic mass is 16.5. The van der Waals surface area contributed by atoms with Crippen LogP contribution in [-0.4, -0.2) is 48.7 Å². The van der Waals surface area contributed by atoms with E-state index in [2.05, 4.69) is 0 Å². The van der Waals surface area contributed by atoms with Gasteiger partial charge in [0, 0.05) is 11.4 Å². The highest BCUT2D eigenvalue weighted by Crippen LogP contribution is 2.31. The number of carbonyl (C=O) groups excluding carboxylic acids is 2. The number of hydrogen-bond donors (Lipinski definition) is 0. The SMILES string of the molecule is CCOC(=O)[C@@H]1CCCCC1=N[C@@H]1CCCC[C@H]1N=C1CCCC[C@H]1C(=O)OCC. The molecule has 3 saturated carbocycles. The zero-order valence-corrected chi connectivity index (χ0v) is 18.7. The molecule has 168 valence electrons. The van der Waals surface area contributed by atoms with Crippen LogP contribution in [-0.2, 0) is 19.1 Å². The van der Waals surface area contributed by atoms with Gasteiger partial charge in [0.15, 0.2) is 0 Å². The number of aliphatic imine (C=N–C) groups is 2. The smallest absolute Gasteiger partial charge is 0.314 e. The first-order valence-electron chi connectivity index (χ1n) is 12.1. The van der Waals surface area contributed by atoms with E-state index in [1.165, 1.54) is 0 Å². The minimum atomic E-state index is -0.184. The van der Waals surface area contributed by atoms with Crippen molar-refractivity contribution in [3.8, 4) is 0 Å². The van der Waals surface area contributed by atoms with Gasteiger partial charge >= 0.3 is 11.9 Å². The van der Waals surface area contributed by atoms with E-state index >= 15 is 0 Å². The molecule has 6 nitrogen and oxygen atoms in total. The van der Waals surface area contributed by atoms with Gasteiger partial charge in [0.05, 0.1) is 37.1 Å². The summed E-state index contributed by atoms with van der Waals surface area (Å²) in [5, 5.41) is 0. The highest BCUT2D eigenvalue weighted by Gasteiger charge is 2.34. The normalized spacial score (nSPS) is 32.7. The Hall–Kier alpha value is -1.72. The third-order valence-electron chi connectivity index (χ3n) is 6.66. The van der Waals surface area contributed by atoms with Crippen LogP contribution in [0, 0.1) is 11.8 Å². The van der Waals surface area contributed by atoms with E-state index < -0.39 is 0 Å². The molecule has 4 atom stereocenters. The Labute approximate surface area is 180 Å². The van der Waals surface area contributed by atoms with Crippen molar-refractivity contribution >= 4 is 23.4 Å². The maximum atomic E-state index is 12.4. The molecule has 3 rings (SSSR count). The zero-order valence-electron chi connectivity index (χ0n) is 18.7. The molecule has 3 fully saturated rings. The van der Waals surface area contributed by atoms with Gasteiger partial charge in [-0.2, -0.15) is 0 Å². The van der Waals surface area contributed by atoms with Crippen LogP contribution >= 0.6 is 0 Å². The molecule has 0 saturated heterocycles. The molecule has 3 aliphatic rings. The number of rotatable bonds is 6. The molecule has 0 unspecified atom stereocenters. The van der Waals surface area contributed by atoms with Gasteiger partial charge in [-0.15, -0.1) is 0 Å². The first kappa shape index (κ1) is 23.0. The van der Waals surface area contributed by atoms with E-state index in [1.54, 1.807) is 0 Å². The summed E-state index contributed by atoms with van der Waals surface area (Å²) in [6.07, 6.45) is 12.0. The van der Waals surface area contributed by atoms with Crippen molar-refractivity contribution in [3.05, 3.63) is 0 Å². The Bertz CT molecular complexity index is 602. The van der Waals surface area contributed by atoms with Crippen molar-refractivity contribution in [2.75, 3.05) is 13.2 Å². The number of hydrogen-bond acceptors (Lipinski definition) is 6. The summed E-state index contributed by atoms with van der Waals surface area (Å²) < 4.78 is 10.6. The predicted molar refractivity (Wildman–Crippen MR) is 118 cm³/mol. The van der Waals surface area contributed by atoms with Crippen LogP contribution in [0.15, 0.2) is 9.98 Å². The van der Waals surface area contributed by atoms with E-state index in [0.717, 1.165) is 88.5 Å². The molecule has 0 aromatic rings. The lowest BCUT2D eigenvalue weighted by Gasteiger charge is -2.31. The minimum absolute atomic E-state index is 0.112. The van der Waals surface area contributed by atoms with Crippen LogP contribution in [0.5, 0.6) is 0 Å². The molecule has 0 aromatic heterocycles. The summed E-state index contributed by atoms with van der Waals surface area (Å²) in [4.78, 5) is 35.1. The maximum absolute atomic E-state index is 12.4. The molecule has 30 heavy (non-hydrogen) atoms. The molecule has 0 aromatic carbocycles. The highest BCUT2D eigenvalue weighted by molar-refractivity contribution is 6.03. The fraction of sp³-hybridized carbons (Fsp3) is 0.833. The summed E-state index contributed by atoms with van der Waals surface area (Å²) in [6.45, 7) is 4.54. The van der Waals surface area contributed by atoms with Gasteiger partial charge in [0.25, 0.3) is 0 Å². The van der Waals surface area contributed by atoms with Crippen LogP contribution in [0.4, 0.5) is 0 Å². The topological polar surface area (TPSA) is 77.3 Å². The summed E-state index contributed by atoms with van der Waals surface area (Å²) in [5.41, 5.74) is 2.03. The van der Waals surface area contributed by atoms with Crippen LogP contribution in [0.2, 0.25) is 0 Å². The van der Waals surface area contributed by atoms with Crippen molar-refractivity contribution in [1.29, 1.82) is 0 Å². The standard InChI is InChI=1S/C24H38N2O4/c1-3-29-23(27)17-11-5-7-13-19(17)25-21-15-9-10-16-22(21)26-20-14-8-6-12-18(20)24(28)30-4-2/h17-18,21-22H,3-16H2,1-2H3/t17-,18-,21-,22-/m1/s1. The Kier molecular flexibility index (Phi) is 8.88. The van der Waals surface area contributed by atoms with Crippen LogP contribution in [0.1, 0.15) is 90.9 Å². The van der Waals surface area contributed by atoms with E-state index in [1.807, 2.05) is 13.8 Å². The number of ether oxygens (including phenoxy) is 2. The Morgan fingerprint density at radius 3 is 1.50 bits per heavy atom. The van der Waals surface area contributed by atoms with Crippen molar-refractivity contribution in [1.82, 2.24) is 0 Å². The molecule has 0 spiro atoms. The molecule has 6 heteroatoms. The van der Waals surface area contributed by atoms with Gasteiger partial charge in [-0.05, 0) is 65.2 Å². The molecule has 0 amide bonds. The molecule has 0 aliphatic heterocycles. The Balaban J connectivity index is 1.79. The molecule has 0 heterocycles. The molecule has 0 N–H and O–H groups in total. The maximum Gasteiger partial charge on any atom is 0.314 e. The molecular weight excluding hydrogens is 380 g/mol. The van der Waals surface area contributed by atoms with E-state index in [-0.39, 0.29) is 35.9 Å². The van der Waals surface area contributed by atoms with Crippen molar-refractivity contribution in [2.24, 2.45) is 21.8 Å². The molecular formula is C24H38N2O4. The van der Waals surface area contributed by atoms with Gasteiger partial charge in [-0.3, -0.25) is 19.6 Å². The summed E-state index contributed by atoms with van der Waals surface area (Å²) in [6, 6.07) is 0.224. The lowest BCUT2D eigenvalue weighted by Crippen LogP contribution is -2.36. The largest absolute Gasteiger partial charge is 0.465 e. The van der Waals surface area contributed by atoms with Gasteiger partial charge in [-0.25, -0.2) is 0 Å². The van der Waals surface area contributed by atoms with Gasteiger partial charge in [-0.1, -0.05) is 25.7 Å². The molecule has 0 radical (unpaired) electrons. The fourth-order valence-corrected chi connectivity index (χ4v) is 5.11. The second-order valence-corrected chi connectivity index (χ2v) is 8.76. The first-order valence-corrected chi connectivity index (χ1v) is 12.1. The number of carbonyl (C=O) groups is 2. The minimum Gasteiger partial charge on any atom is -0.465 e. The lowest BCUT2D eigenvalue weighted by atomic mass is 9.84. The quantitative estimate of drug-likeness (QED) is 0.587. The third-order valence-corrected chi connectivity index (χ3v) is 6.66. The van der Waals surface area contributed by atoms with Gasteiger partial charge < -0.3 is 9.47 Å². The Morgan fingerprint density at radius 2 is 1.10 bits per heavy atom. The Morgan fingerprint density at radius 1 is 0.700 bits per heavy atom. The average molecular weight is 419 g/mol. The van der Waals surface area contributed by atoms with E-state index in [0.29, 0.717) is 13.2 Å². The monoisotopic (exact) mass is 418 g/mol. The van der Waals surface area contributed by atoms with Crippen LogP contribution < -0.4 is 0 Å². The van der Waals surface area contributed by atoms with Crippen LogP contribution in [0.3, 0.4) is 0 Å². The van der Waals surface area contributed by atoms with E-state index in [4.69, 9.17) is 19.5 Å². The number of esters is 2. The molecule has 3 aliphatic carbocycles. The number of nitrogens with zero attached hydrogens (tertiary/aromatic N) is 2. The van der Waals surface area contributed by atoms with Gasteiger partial charge in [0.2, 0.25) is 0 Å². The summed E-state index contributed by atoms with van der Waals surface area (Å²) in [7, 11) is 0. The second-order valence-electron chi connectivity index (χ2n) is 8.76. The van der Waals surface area contributed by atoms with Crippen molar-refractivity contribution < 1.29 is 19.1 Å². The first-order chi connectivity index (χ1) is 14.6. The predicted octanol–water partition coefficient (Wildman–Crippen LogP) is 4.69. The van der Waals surface area contributed by atoms with Crippen molar-refractivity contribution in [3.63, 3.8) is 0 Å². The molecule has 0 bridgehead atoms. The van der Waals surface area contributed by atoms with Gasteiger partial charge in [0.1, 0.15) is 0 Å². The third kappa shape index (κ3) is 5.92. The average Bonchev–Trinajstić information content (AvgIpc) is 2.76. The second kappa shape index (κ2) is 11.6. The van der Waals surface area contributed by atoms with E-state index in [9.17, 15) is 9.59 Å².